The number of carbonyl (C=O) groups is 1. The van der Waals surface area contributed by atoms with Gasteiger partial charge in [0.2, 0.25) is 0 Å². The van der Waals surface area contributed by atoms with Crippen molar-refractivity contribution in [2.24, 2.45) is 0 Å². The fourth-order valence-corrected chi connectivity index (χ4v) is 3.91. The molecular formula is C14H12F6O2S. The first-order chi connectivity index (χ1) is 10.5. The Balaban J connectivity index is 0.000000322. The van der Waals surface area contributed by atoms with Crippen molar-refractivity contribution in [1.29, 1.82) is 0 Å². The minimum Gasteiger partial charge on any atom is -0.542 e. The monoisotopic (exact) mass is 358 g/mol. The Morgan fingerprint density at radius 3 is 2.09 bits per heavy atom. The summed E-state index contributed by atoms with van der Waals surface area (Å²) in [5.74, 6) is -3.01. The Kier molecular flexibility index (Phi) is 6.04. The van der Waals surface area contributed by atoms with Crippen molar-refractivity contribution < 1.29 is 36.2 Å². The molecule has 0 spiro atoms. The van der Waals surface area contributed by atoms with E-state index < -0.39 is 28.1 Å². The summed E-state index contributed by atoms with van der Waals surface area (Å²) in [6.07, 6.45) is -3.92. The zero-order chi connectivity index (χ0) is 17.8. The van der Waals surface area contributed by atoms with Crippen LogP contribution in [0.3, 0.4) is 0 Å². The highest BCUT2D eigenvalue weighted by Crippen LogP contribution is 2.51. The molecule has 0 N–H and O–H groups in total. The third-order valence-electron chi connectivity index (χ3n) is 2.68. The quantitative estimate of drug-likeness (QED) is 0.593. The average molecular weight is 358 g/mol. The smallest absolute Gasteiger partial charge is 0.542 e. The number of aryl methyl sites for hydroxylation is 1. The summed E-state index contributed by atoms with van der Waals surface area (Å²) in [4.78, 5) is 9.31. The Bertz CT molecular complexity index is 672. The van der Waals surface area contributed by atoms with Crippen LogP contribution in [0, 0.1) is 0 Å². The number of hydrogen-bond acceptors (Lipinski definition) is 2. The van der Waals surface area contributed by atoms with E-state index >= 15 is 0 Å². The standard InChI is InChI=1S/C12H12F3S.C2HF3O2/c1-2-5-10-8-9-6-3-4-7-11(9)16(10)12(13,14)15;3-2(4,5)1(6)7/h3-4,6-8H,2,5H2,1H3;(H,6,7)/q+1;/p-1. The third kappa shape index (κ3) is 5.12. The minimum absolute atomic E-state index is 0.429. The molecule has 1 unspecified atom stereocenters. The van der Waals surface area contributed by atoms with Gasteiger partial charge in [-0.05, 0) is 18.6 Å². The molecule has 128 valence electrons. The van der Waals surface area contributed by atoms with E-state index in [4.69, 9.17) is 9.90 Å². The topological polar surface area (TPSA) is 40.1 Å². The molecule has 0 saturated carbocycles. The first-order valence-corrected chi connectivity index (χ1v) is 7.59. The van der Waals surface area contributed by atoms with Crippen LogP contribution in [0.5, 0.6) is 0 Å². The van der Waals surface area contributed by atoms with Crippen LogP contribution in [0.1, 0.15) is 18.2 Å². The van der Waals surface area contributed by atoms with Gasteiger partial charge in [0, 0.05) is 17.9 Å². The van der Waals surface area contributed by atoms with E-state index in [1.165, 1.54) is 0 Å². The number of benzene rings is 1. The van der Waals surface area contributed by atoms with Crippen LogP contribution >= 0.6 is 10.5 Å². The lowest BCUT2D eigenvalue weighted by Gasteiger charge is -2.03. The van der Waals surface area contributed by atoms with Gasteiger partial charge in [0.15, 0.2) is 9.58 Å². The van der Waals surface area contributed by atoms with Crippen molar-refractivity contribution in [3.8, 4) is 0 Å². The molecule has 9 heteroatoms. The van der Waals surface area contributed by atoms with E-state index in [0.29, 0.717) is 16.0 Å². The van der Waals surface area contributed by atoms with Crippen LogP contribution in [-0.2, 0) is 16.7 Å². The average Bonchev–Trinajstić information content (AvgIpc) is 2.76. The summed E-state index contributed by atoms with van der Waals surface area (Å²) in [7, 11) is -1.70. The number of carbonyl (C=O) groups excluding carboxylic acids is 1. The van der Waals surface area contributed by atoms with Crippen LogP contribution < -0.4 is 5.11 Å². The summed E-state index contributed by atoms with van der Waals surface area (Å²) < 4.78 is 70.9. The van der Waals surface area contributed by atoms with Gasteiger partial charge >= 0.3 is 11.7 Å². The summed E-state index contributed by atoms with van der Waals surface area (Å²) in [6, 6.07) is 8.50. The molecule has 0 aliphatic heterocycles. The molecule has 0 radical (unpaired) electrons. The number of carboxylic acid groups (broad SMARTS) is 1. The molecule has 0 fully saturated rings. The fourth-order valence-electron chi connectivity index (χ4n) is 1.85. The third-order valence-corrected chi connectivity index (χ3v) is 4.80. The molecule has 1 heterocycles. The molecule has 0 bridgehead atoms. The molecule has 1 aromatic heterocycles. The zero-order valence-electron chi connectivity index (χ0n) is 11.8. The molecule has 2 nitrogen and oxygen atoms in total. The van der Waals surface area contributed by atoms with Crippen LogP contribution in [0.4, 0.5) is 26.3 Å². The largest absolute Gasteiger partial charge is 0.600 e. The van der Waals surface area contributed by atoms with Gasteiger partial charge in [0.1, 0.15) is 5.97 Å². The zero-order valence-corrected chi connectivity index (χ0v) is 12.6. The molecule has 0 aliphatic carbocycles. The molecule has 2 aromatic rings. The number of rotatable bonds is 2. The van der Waals surface area contributed by atoms with E-state index in [2.05, 4.69) is 0 Å². The highest BCUT2D eigenvalue weighted by atomic mass is 32.2. The maximum absolute atomic E-state index is 13.0. The molecule has 0 aliphatic rings. The molecule has 2 rings (SSSR count). The molecular weight excluding hydrogens is 346 g/mol. The summed E-state index contributed by atoms with van der Waals surface area (Å²) in [5.41, 5.74) is -4.15. The molecule has 23 heavy (non-hydrogen) atoms. The Morgan fingerprint density at radius 2 is 1.65 bits per heavy atom. The molecule has 0 amide bonds. The number of carboxylic acids is 1. The van der Waals surface area contributed by atoms with Gasteiger partial charge in [0.25, 0.3) is 0 Å². The second kappa shape index (κ2) is 7.20. The van der Waals surface area contributed by atoms with Gasteiger partial charge in [-0.15, -0.1) is 13.2 Å². The lowest BCUT2D eigenvalue weighted by Crippen LogP contribution is -2.37. The van der Waals surface area contributed by atoms with E-state index in [0.717, 1.165) is 11.8 Å². The van der Waals surface area contributed by atoms with Crippen LogP contribution in [0.25, 0.3) is 10.1 Å². The second-order valence-electron chi connectivity index (χ2n) is 4.44. The lowest BCUT2D eigenvalue weighted by molar-refractivity contribution is -0.344. The lowest BCUT2D eigenvalue weighted by atomic mass is 10.2. The normalized spacial score (nSPS) is 12.7. The molecule has 1 aromatic carbocycles. The van der Waals surface area contributed by atoms with Gasteiger partial charge in [0.05, 0.1) is 10.5 Å². The van der Waals surface area contributed by atoms with Crippen molar-refractivity contribution >= 4 is 26.5 Å². The van der Waals surface area contributed by atoms with Gasteiger partial charge in [-0.25, -0.2) is 0 Å². The summed E-state index contributed by atoms with van der Waals surface area (Å²) >= 11 is 0. The predicted molar refractivity (Wildman–Crippen MR) is 72.8 cm³/mol. The Hall–Kier alpha value is -1.77. The van der Waals surface area contributed by atoms with E-state index in [1.54, 1.807) is 30.3 Å². The Labute approximate surface area is 130 Å². The van der Waals surface area contributed by atoms with Crippen LogP contribution in [-0.4, -0.2) is 12.1 Å². The summed E-state index contributed by atoms with van der Waals surface area (Å²) in [5, 5.41) is 9.51. The van der Waals surface area contributed by atoms with Crippen molar-refractivity contribution in [2.75, 3.05) is 0 Å². The van der Waals surface area contributed by atoms with Crippen molar-refractivity contribution in [1.82, 2.24) is 0 Å². The van der Waals surface area contributed by atoms with Crippen molar-refractivity contribution in [3.05, 3.63) is 35.2 Å². The SMILES string of the molecule is CCCc1cc2ccccc2[s+]1C(F)(F)F.O=C([O-])C(F)(F)F. The first kappa shape index (κ1) is 19.3. The number of aliphatic carboxylic acids is 1. The maximum atomic E-state index is 13.0. The summed E-state index contributed by atoms with van der Waals surface area (Å²) in [6.45, 7) is 1.90. The van der Waals surface area contributed by atoms with Gasteiger partial charge in [-0.3, -0.25) is 0 Å². The number of hydrogen-bond donors (Lipinski definition) is 0. The molecule has 0 saturated heterocycles. The fraction of sp³-hybridized carbons (Fsp3) is 0.357. The maximum Gasteiger partial charge on any atom is 0.600 e. The van der Waals surface area contributed by atoms with Gasteiger partial charge < -0.3 is 9.90 Å². The number of fused-ring (bicyclic) bond motifs is 1. The Morgan fingerprint density at radius 1 is 1.13 bits per heavy atom. The number of halogens is 6. The highest BCUT2D eigenvalue weighted by molar-refractivity contribution is 7.38. The minimum atomic E-state index is -5.19. The van der Waals surface area contributed by atoms with Crippen LogP contribution in [0.2, 0.25) is 0 Å². The number of alkyl halides is 6. The highest BCUT2D eigenvalue weighted by Gasteiger charge is 2.47. The van der Waals surface area contributed by atoms with E-state index in [9.17, 15) is 26.3 Å². The van der Waals surface area contributed by atoms with Gasteiger partial charge in [-0.2, -0.15) is 13.2 Å². The van der Waals surface area contributed by atoms with E-state index in [-0.39, 0.29) is 0 Å². The number of thiophene rings is 1. The van der Waals surface area contributed by atoms with Crippen molar-refractivity contribution in [3.63, 3.8) is 0 Å². The van der Waals surface area contributed by atoms with Crippen molar-refractivity contribution in [2.45, 2.75) is 31.5 Å². The second-order valence-corrected chi connectivity index (χ2v) is 6.48. The van der Waals surface area contributed by atoms with Gasteiger partial charge in [-0.1, -0.05) is 19.1 Å². The van der Waals surface area contributed by atoms with Crippen LogP contribution in [0.15, 0.2) is 30.3 Å². The predicted octanol–water partition coefficient (Wildman–Crippen LogP) is 4.32. The molecule has 1 atom stereocenters. The first-order valence-electron chi connectivity index (χ1n) is 6.37. The van der Waals surface area contributed by atoms with E-state index in [1.807, 2.05) is 6.92 Å².